The van der Waals surface area contributed by atoms with Gasteiger partial charge in [0.15, 0.2) is 0 Å². The average Bonchev–Trinajstić information content (AvgIpc) is 2.27. The van der Waals surface area contributed by atoms with Gasteiger partial charge in [0.2, 0.25) is 0 Å². The fraction of sp³-hybridized carbons (Fsp3) is 0.571. The van der Waals surface area contributed by atoms with Crippen molar-refractivity contribution in [1.82, 2.24) is 5.32 Å². The Morgan fingerprint density at radius 1 is 1.20 bits per heavy atom. The van der Waals surface area contributed by atoms with E-state index >= 15 is 0 Å². The minimum Gasteiger partial charge on any atom is -0.317 e. The topological polar surface area (TPSA) is 12.0 Å². The summed E-state index contributed by atoms with van der Waals surface area (Å²) in [6.07, 6.45) is 3.70. The Labute approximate surface area is 93.9 Å². The van der Waals surface area contributed by atoms with Gasteiger partial charge in [-0.3, -0.25) is 0 Å². The highest BCUT2D eigenvalue weighted by Gasteiger charge is 2.14. The Morgan fingerprint density at radius 2 is 1.87 bits per heavy atom. The Hall–Kier alpha value is -0.820. The third kappa shape index (κ3) is 4.05. The molecule has 0 amide bonds. The first-order chi connectivity index (χ1) is 7.27. The Morgan fingerprint density at radius 3 is 2.40 bits per heavy atom. The summed E-state index contributed by atoms with van der Waals surface area (Å²) in [6.45, 7) is 4.59. The molecule has 0 heterocycles. The molecule has 0 aliphatic rings. The molecule has 0 aromatic heterocycles. The van der Waals surface area contributed by atoms with Gasteiger partial charge in [0.25, 0.3) is 0 Å². The van der Waals surface area contributed by atoms with E-state index in [-0.39, 0.29) is 0 Å². The molecule has 1 aromatic carbocycles. The fourth-order valence-corrected chi connectivity index (χ4v) is 2.15. The monoisotopic (exact) mass is 205 g/mol. The largest absolute Gasteiger partial charge is 0.317 e. The second-order valence-electron chi connectivity index (χ2n) is 4.35. The van der Waals surface area contributed by atoms with Crippen LogP contribution in [0.4, 0.5) is 0 Å². The molecule has 0 saturated carbocycles. The van der Waals surface area contributed by atoms with Crippen LogP contribution in [0.25, 0.3) is 0 Å². The second-order valence-corrected chi connectivity index (χ2v) is 4.35. The van der Waals surface area contributed by atoms with E-state index in [0.717, 1.165) is 0 Å². The van der Waals surface area contributed by atoms with Crippen molar-refractivity contribution in [3.05, 3.63) is 35.9 Å². The zero-order chi connectivity index (χ0) is 11.1. The molecule has 1 nitrogen and oxygen atoms in total. The van der Waals surface area contributed by atoms with E-state index < -0.39 is 0 Å². The van der Waals surface area contributed by atoms with E-state index in [9.17, 15) is 0 Å². The van der Waals surface area contributed by atoms with E-state index in [1.807, 2.05) is 0 Å². The van der Waals surface area contributed by atoms with E-state index in [2.05, 4.69) is 56.5 Å². The van der Waals surface area contributed by atoms with Crippen LogP contribution in [0, 0.1) is 5.92 Å². The molecule has 0 fully saturated rings. The third-order valence-electron chi connectivity index (χ3n) is 3.06. The van der Waals surface area contributed by atoms with Gasteiger partial charge in [-0.2, -0.15) is 0 Å². The third-order valence-corrected chi connectivity index (χ3v) is 3.06. The van der Waals surface area contributed by atoms with Gasteiger partial charge in [0.05, 0.1) is 0 Å². The van der Waals surface area contributed by atoms with E-state index in [1.165, 1.54) is 24.8 Å². The SMILES string of the molecule is CCCC(NC)C(C)Cc1ccccc1. The smallest absolute Gasteiger partial charge is 0.00927 e. The number of benzene rings is 1. The highest BCUT2D eigenvalue weighted by molar-refractivity contribution is 5.15. The van der Waals surface area contributed by atoms with Gasteiger partial charge < -0.3 is 5.32 Å². The molecular weight excluding hydrogens is 182 g/mol. The standard InChI is InChI=1S/C14H23N/c1-4-8-14(15-3)12(2)11-13-9-6-5-7-10-13/h5-7,9-10,12,14-15H,4,8,11H2,1-3H3. The predicted molar refractivity (Wildman–Crippen MR) is 67.1 cm³/mol. The molecule has 1 rings (SSSR count). The van der Waals surface area contributed by atoms with Gasteiger partial charge in [-0.05, 0) is 31.4 Å². The molecule has 0 aliphatic carbocycles. The maximum Gasteiger partial charge on any atom is 0.00927 e. The summed E-state index contributed by atoms with van der Waals surface area (Å²) in [7, 11) is 2.07. The Balaban J connectivity index is 2.50. The summed E-state index contributed by atoms with van der Waals surface area (Å²) in [6, 6.07) is 11.4. The molecule has 2 unspecified atom stereocenters. The molecule has 0 spiro atoms. The van der Waals surface area contributed by atoms with Crippen molar-refractivity contribution in [2.24, 2.45) is 5.92 Å². The van der Waals surface area contributed by atoms with Crippen LogP contribution in [0.1, 0.15) is 32.3 Å². The van der Waals surface area contributed by atoms with Crippen LogP contribution < -0.4 is 5.32 Å². The quantitative estimate of drug-likeness (QED) is 0.751. The maximum absolute atomic E-state index is 3.42. The summed E-state index contributed by atoms with van der Waals surface area (Å²) in [5.74, 6) is 0.706. The van der Waals surface area contributed by atoms with Gasteiger partial charge in [-0.25, -0.2) is 0 Å². The summed E-state index contributed by atoms with van der Waals surface area (Å²) in [4.78, 5) is 0. The van der Waals surface area contributed by atoms with Crippen LogP contribution >= 0.6 is 0 Å². The van der Waals surface area contributed by atoms with E-state index in [0.29, 0.717) is 12.0 Å². The number of hydrogen-bond acceptors (Lipinski definition) is 1. The van der Waals surface area contributed by atoms with Gasteiger partial charge >= 0.3 is 0 Å². The number of nitrogens with one attached hydrogen (secondary N) is 1. The zero-order valence-corrected chi connectivity index (χ0v) is 10.2. The van der Waals surface area contributed by atoms with Crippen molar-refractivity contribution in [3.63, 3.8) is 0 Å². The first kappa shape index (κ1) is 12.3. The molecular formula is C14H23N. The lowest BCUT2D eigenvalue weighted by Crippen LogP contribution is -2.32. The summed E-state index contributed by atoms with van der Waals surface area (Å²) >= 11 is 0. The van der Waals surface area contributed by atoms with Gasteiger partial charge in [0.1, 0.15) is 0 Å². The Bertz CT molecular complexity index is 255. The molecule has 0 bridgehead atoms. The molecule has 0 aliphatic heterocycles. The highest BCUT2D eigenvalue weighted by Crippen LogP contribution is 2.15. The number of hydrogen-bond donors (Lipinski definition) is 1. The van der Waals surface area contributed by atoms with Crippen LogP contribution in [0.3, 0.4) is 0 Å². The highest BCUT2D eigenvalue weighted by atomic mass is 14.9. The van der Waals surface area contributed by atoms with Gasteiger partial charge in [-0.1, -0.05) is 50.6 Å². The molecule has 0 saturated heterocycles. The summed E-state index contributed by atoms with van der Waals surface area (Å²) in [5.41, 5.74) is 1.45. The minimum atomic E-state index is 0.648. The molecule has 2 atom stereocenters. The van der Waals surface area contributed by atoms with Crippen molar-refractivity contribution < 1.29 is 0 Å². The molecule has 84 valence electrons. The van der Waals surface area contributed by atoms with Crippen LogP contribution in [0.15, 0.2) is 30.3 Å². The average molecular weight is 205 g/mol. The van der Waals surface area contributed by atoms with Crippen LogP contribution in [-0.2, 0) is 6.42 Å². The van der Waals surface area contributed by atoms with E-state index in [1.54, 1.807) is 0 Å². The number of rotatable bonds is 6. The molecule has 15 heavy (non-hydrogen) atoms. The van der Waals surface area contributed by atoms with E-state index in [4.69, 9.17) is 0 Å². The predicted octanol–water partition coefficient (Wildman–Crippen LogP) is 3.25. The van der Waals surface area contributed by atoms with Crippen LogP contribution in [0.5, 0.6) is 0 Å². The lowest BCUT2D eigenvalue weighted by Gasteiger charge is -2.23. The first-order valence-electron chi connectivity index (χ1n) is 5.99. The van der Waals surface area contributed by atoms with Crippen molar-refractivity contribution in [2.45, 2.75) is 39.2 Å². The van der Waals surface area contributed by atoms with Crippen molar-refractivity contribution in [2.75, 3.05) is 7.05 Å². The van der Waals surface area contributed by atoms with Crippen molar-refractivity contribution in [1.29, 1.82) is 0 Å². The Kier molecular flexibility index (Phi) is 5.41. The van der Waals surface area contributed by atoms with Crippen LogP contribution in [0.2, 0.25) is 0 Å². The van der Waals surface area contributed by atoms with Crippen molar-refractivity contribution in [3.8, 4) is 0 Å². The van der Waals surface area contributed by atoms with Gasteiger partial charge in [-0.15, -0.1) is 0 Å². The fourth-order valence-electron chi connectivity index (χ4n) is 2.15. The molecule has 1 heteroatoms. The summed E-state index contributed by atoms with van der Waals surface area (Å²) < 4.78 is 0. The van der Waals surface area contributed by atoms with Gasteiger partial charge in [0, 0.05) is 6.04 Å². The molecule has 1 aromatic rings. The first-order valence-corrected chi connectivity index (χ1v) is 5.99. The second kappa shape index (κ2) is 6.62. The van der Waals surface area contributed by atoms with Crippen molar-refractivity contribution >= 4 is 0 Å². The minimum absolute atomic E-state index is 0.648. The molecule has 0 radical (unpaired) electrons. The lowest BCUT2D eigenvalue weighted by molar-refractivity contribution is 0.372. The lowest BCUT2D eigenvalue weighted by atomic mass is 9.91. The normalized spacial score (nSPS) is 14.9. The summed E-state index contributed by atoms with van der Waals surface area (Å²) in [5, 5.41) is 3.42. The zero-order valence-electron chi connectivity index (χ0n) is 10.2. The maximum atomic E-state index is 3.42. The molecule has 1 N–H and O–H groups in total. The van der Waals surface area contributed by atoms with Crippen LogP contribution in [-0.4, -0.2) is 13.1 Å².